The highest BCUT2D eigenvalue weighted by molar-refractivity contribution is 7.91. The SMILES string of the molecule is COc1cc2c(OC)cnc(O[C@@H]3C[C@H]4C(=O)C[C@]5(C(=O)NS(=O)(=O)C6(CF)CC6)C[C@H]5/C=C\CC[C@@H](C)C[C@@H](C)[C@H](CC(=O)C(C)(C)C)C(=O)N4C3)c2cc1F. The van der Waals surface area contributed by atoms with E-state index in [4.69, 9.17) is 14.2 Å². The van der Waals surface area contributed by atoms with Gasteiger partial charge in [0.2, 0.25) is 27.7 Å². The van der Waals surface area contributed by atoms with Gasteiger partial charge in [-0.3, -0.25) is 23.9 Å². The third-order valence-corrected chi connectivity index (χ3v) is 14.8. The highest BCUT2D eigenvalue weighted by atomic mass is 32.2. The molecule has 0 bridgehead atoms. The molecule has 15 heteroatoms. The van der Waals surface area contributed by atoms with Crippen molar-refractivity contribution in [2.24, 2.45) is 34.5 Å². The summed E-state index contributed by atoms with van der Waals surface area (Å²) in [5, 5.41) is 0.734. The summed E-state index contributed by atoms with van der Waals surface area (Å²) in [6, 6.07) is 1.58. The van der Waals surface area contributed by atoms with Crippen molar-refractivity contribution in [1.29, 1.82) is 0 Å². The standard InChI is InChI=1S/C42H55F2N3O9S/c1-24-10-8-9-11-26-19-42(26,39(51)46-57(52,53)41(23-43)12-13-41)20-33(48)32-15-27(22-47(32)38(50)28(25(2)14-24)18-36(49)40(3,4)5)56-37-30-16-31(44)34(54-6)17-29(30)35(55-7)21-45-37/h9,11,16-17,21,24-28,32H,8,10,12-15,18-20,22-23H2,1-7H3,(H,46,51)/b11-9-/t24-,25-,26-,27-,28+,32+,42-/m1/s1. The number of allylic oxidation sites excluding steroid dienone is 2. The molecule has 312 valence electrons. The Morgan fingerprint density at radius 2 is 1.75 bits per heavy atom. The van der Waals surface area contributed by atoms with Gasteiger partial charge in [0.25, 0.3) is 0 Å². The van der Waals surface area contributed by atoms with Crippen LogP contribution in [0.4, 0.5) is 8.78 Å². The van der Waals surface area contributed by atoms with Crippen molar-refractivity contribution in [2.75, 3.05) is 27.4 Å². The van der Waals surface area contributed by atoms with Gasteiger partial charge in [-0.15, -0.1) is 0 Å². The van der Waals surface area contributed by atoms with Crippen LogP contribution >= 0.6 is 0 Å². The minimum absolute atomic E-state index is 0.00933. The predicted molar refractivity (Wildman–Crippen MR) is 208 cm³/mol. The molecule has 2 aliphatic heterocycles. The van der Waals surface area contributed by atoms with Crippen LogP contribution in [0, 0.1) is 40.3 Å². The number of benzene rings is 1. The van der Waals surface area contributed by atoms with Crippen LogP contribution in [-0.2, 0) is 29.2 Å². The number of Topliss-reactive ketones (excluding diaryl/α,β-unsaturated/α-hetero) is 2. The van der Waals surface area contributed by atoms with Crippen molar-refractivity contribution in [3.8, 4) is 17.4 Å². The van der Waals surface area contributed by atoms with E-state index in [1.807, 2.05) is 19.1 Å². The molecule has 2 aliphatic carbocycles. The van der Waals surface area contributed by atoms with Gasteiger partial charge in [-0.1, -0.05) is 46.8 Å². The fourth-order valence-electron chi connectivity index (χ4n) is 8.51. The van der Waals surface area contributed by atoms with Gasteiger partial charge in [-0.05, 0) is 68.4 Å². The largest absolute Gasteiger partial charge is 0.494 e. The Balaban J connectivity index is 1.38. The summed E-state index contributed by atoms with van der Waals surface area (Å²) in [6.07, 6.45) is 6.46. The van der Waals surface area contributed by atoms with Gasteiger partial charge in [-0.2, -0.15) is 0 Å². The number of fused-ring (bicyclic) bond motifs is 3. The maximum Gasteiger partial charge on any atom is 0.243 e. The average molecular weight is 816 g/mol. The minimum atomic E-state index is -4.36. The molecule has 1 saturated heterocycles. The molecular formula is C42H55F2N3O9S. The highest BCUT2D eigenvalue weighted by Crippen LogP contribution is 2.58. The lowest BCUT2D eigenvalue weighted by Crippen LogP contribution is -2.48. The number of aromatic nitrogens is 1. The molecule has 1 N–H and O–H groups in total. The second-order valence-electron chi connectivity index (χ2n) is 17.8. The summed E-state index contributed by atoms with van der Waals surface area (Å²) in [6.45, 7) is 8.26. The number of ether oxygens (including phenoxy) is 3. The summed E-state index contributed by atoms with van der Waals surface area (Å²) in [4.78, 5) is 63.0. The third-order valence-electron chi connectivity index (χ3n) is 12.6. The van der Waals surface area contributed by atoms with Gasteiger partial charge < -0.3 is 19.1 Å². The second-order valence-corrected chi connectivity index (χ2v) is 19.9. The van der Waals surface area contributed by atoms with Gasteiger partial charge in [0.1, 0.15) is 29.1 Å². The summed E-state index contributed by atoms with van der Waals surface area (Å²) in [5.41, 5.74) is -2.15. The summed E-state index contributed by atoms with van der Waals surface area (Å²) >= 11 is 0. The predicted octanol–water partition coefficient (Wildman–Crippen LogP) is 6.29. The lowest BCUT2D eigenvalue weighted by molar-refractivity contribution is -0.145. The lowest BCUT2D eigenvalue weighted by Gasteiger charge is -2.33. The molecule has 3 heterocycles. The number of amides is 2. The average Bonchev–Trinajstić information content (AvgIpc) is 4.06. The molecule has 12 nitrogen and oxygen atoms in total. The molecule has 57 heavy (non-hydrogen) atoms. The first-order chi connectivity index (χ1) is 26.8. The van der Waals surface area contributed by atoms with Crippen molar-refractivity contribution < 1.29 is 50.6 Å². The van der Waals surface area contributed by atoms with Crippen LogP contribution in [0.5, 0.6) is 17.4 Å². The molecule has 2 aromatic rings. The zero-order valence-electron chi connectivity index (χ0n) is 33.9. The maximum atomic E-state index is 15.1. The summed E-state index contributed by atoms with van der Waals surface area (Å²) in [5.74, 6) is -3.39. The van der Waals surface area contributed by atoms with Crippen LogP contribution in [0.3, 0.4) is 0 Å². The molecule has 7 atom stereocenters. The number of carbonyl (C=O) groups excluding carboxylic acids is 4. The van der Waals surface area contributed by atoms with E-state index < -0.39 is 73.8 Å². The molecular weight excluding hydrogens is 761 g/mol. The molecule has 0 spiro atoms. The molecule has 1 aromatic heterocycles. The Labute approximate surface area is 333 Å². The van der Waals surface area contributed by atoms with E-state index in [0.29, 0.717) is 24.0 Å². The number of methoxy groups -OCH3 is 2. The molecule has 0 radical (unpaired) electrons. The smallest absolute Gasteiger partial charge is 0.243 e. The number of nitrogens with one attached hydrogen (secondary N) is 1. The summed E-state index contributed by atoms with van der Waals surface area (Å²) < 4.78 is 72.9. The first-order valence-corrected chi connectivity index (χ1v) is 21.3. The number of rotatable bonds is 10. The van der Waals surface area contributed by atoms with Crippen LogP contribution in [0.1, 0.15) is 92.4 Å². The van der Waals surface area contributed by atoms with Gasteiger partial charge in [-0.25, -0.2) is 22.2 Å². The number of sulfonamides is 1. The van der Waals surface area contributed by atoms with E-state index in [0.717, 1.165) is 6.42 Å². The molecule has 4 aliphatic rings. The number of halogens is 2. The highest BCUT2D eigenvalue weighted by Gasteiger charge is 2.63. The van der Waals surface area contributed by atoms with Crippen LogP contribution in [0.15, 0.2) is 30.5 Å². The van der Waals surface area contributed by atoms with E-state index in [9.17, 15) is 32.0 Å². The zero-order valence-corrected chi connectivity index (χ0v) is 34.7. The normalized spacial score (nSPS) is 29.7. The third kappa shape index (κ3) is 8.40. The Morgan fingerprint density at radius 3 is 2.39 bits per heavy atom. The van der Waals surface area contributed by atoms with Crippen molar-refractivity contribution in [1.82, 2.24) is 14.6 Å². The number of hydrogen-bond acceptors (Lipinski definition) is 10. The molecule has 2 amide bonds. The molecule has 6 rings (SSSR count). The van der Waals surface area contributed by atoms with E-state index in [-0.39, 0.29) is 85.6 Å². The van der Waals surface area contributed by atoms with E-state index in [2.05, 4.69) is 16.6 Å². The fraction of sp³-hybridized carbons (Fsp3) is 0.643. The molecule has 0 unspecified atom stereocenters. The monoisotopic (exact) mass is 815 g/mol. The van der Waals surface area contributed by atoms with Gasteiger partial charge in [0, 0.05) is 36.0 Å². The first-order valence-electron chi connectivity index (χ1n) is 19.8. The van der Waals surface area contributed by atoms with Crippen molar-refractivity contribution >= 4 is 44.2 Å². The van der Waals surface area contributed by atoms with Gasteiger partial charge >= 0.3 is 0 Å². The van der Waals surface area contributed by atoms with Crippen LogP contribution in [0.25, 0.3) is 10.8 Å². The van der Waals surface area contributed by atoms with Crippen LogP contribution in [0.2, 0.25) is 0 Å². The van der Waals surface area contributed by atoms with Crippen molar-refractivity contribution in [2.45, 2.75) is 109 Å². The Hall–Kier alpha value is -4.14. The number of hydrogen-bond donors (Lipinski definition) is 1. The summed E-state index contributed by atoms with van der Waals surface area (Å²) in [7, 11) is -1.58. The number of pyridine rings is 1. The zero-order chi connectivity index (χ0) is 41.7. The number of alkyl halides is 1. The van der Waals surface area contributed by atoms with Gasteiger partial charge in [0.15, 0.2) is 17.3 Å². The minimum Gasteiger partial charge on any atom is -0.494 e. The van der Waals surface area contributed by atoms with Gasteiger partial charge in [0.05, 0.1) is 43.8 Å². The topological polar surface area (TPSA) is 158 Å². The number of carbonyl (C=O) groups is 4. The molecule has 2 saturated carbocycles. The Morgan fingerprint density at radius 1 is 1.05 bits per heavy atom. The Bertz CT molecular complexity index is 2060. The van der Waals surface area contributed by atoms with E-state index in [1.165, 1.54) is 37.4 Å². The van der Waals surface area contributed by atoms with E-state index in [1.54, 1.807) is 20.8 Å². The quantitative estimate of drug-likeness (QED) is 0.271. The molecule has 3 fully saturated rings. The first kappa shape index (κ1) is 42.5. The van der Waals surface area contributed by atoms with Crippen LogP contribution in [-0.4, -0.2) is 86.0 Å². The molecule has 1 aromatic carbocycles. The number of nitrogens with zero attached hydrogens (tertiary/aromatic N) is 2. The maximum absolute atomic E-state index is 15.1. The second kappa shape index (κ2) is 15.9. The fourth-order valence-corrected chi connectivity index (χ4v) is 9.95. The number of ketones is 2. The van der Waals surface area contributed by atoms with Crippen molar-refractivity contribution in [3.63, 3.8) is 0 Å². The Kier molecular flexibility index (Phi) is 11.8. The van der Waals surface area contributed by atoms with Crippen LogP contribution < -0.4 is 18.9 Å². The van der Waals surface area contributed by atoms with E-state index >= 15 is 4.39 Å². The van der Waals surface area contributed by atoms with Crippen molar-refractivity contribution in [3.05, 3.63) is 36.3 Å². The lowest BCUT2D eigenvalue weighted by atomic mass is 9.77.